The highest BCUT2D eigenvalue weighted by atomic mass is 35.5. The van der Waals surface area contributed by atoms with Crippen LogP contribution in [0.4, 0.5) is 13.2 Å². The third kappa shape index (κ3) is 2.92. The standard InChI is InChI=1S/C10H9Cl2F3O2S/c1-5(2)18(16,17)9-7(11)3-6(4-8(9)12)10(13,14)15/h3-5H,1-2H3. The third-order valence-electron chi connectivity index (χ3n) is 2.23. The van der Waals surface area contributed by atoms with Crippen molar-refractivity contribution in [2.24, 2.45) is 0 Å². The number of benzene rings is 1. The van der Waals surface area contributed by atoms with E-state index >= 15 is 0 Å². The van der Waals surface area contributed by atoms with E-state index in [4.69, 9.17) is 23.2 Å². The monoisotopic (exact) mass is 320 g/mol. The first-order chi connectivity index (χ1) is 7.98. The maximum absolute atomic E-state index is 12.5. The summed E-state index contributed by atoms with van der Waals surface area (Å²) in [6.07, 6.45) is -4.63. The number of rotatable bonds is 2. The lowest BCUT2D eigenvalue weighted by Gasteiger charge is -2.14. The van der Waals surface area contributed by atoms with Gasteiger partial charge in [-0.25, -0.2) is 8.42 Å². The molecule has 102 valence electrons. The van der Waals surface area contributed by atoms with Crippen LogP contribution in [-0.4, -0.2) is 13.7 Å². The Kier molecular flexibility index (Phi) is 4.25. The molecule has 0 atom stereocenters. The van der Waals surface area contributed by atoms with Gasteiger partial charge in [0.05, 0.1) is 20.9 Å². The van der Waals surface area contributed by atoms with Gasteiger partial charge in [0.15, 0.2) is 9.84 Å². The number of sulfone groups is 1. The lowest BCUT2D eigenvalue weighted by molar-refractivity contribution is -0.137. The topological polar surface area (TPSA) is 34.1 Å². The van der Waals surface area contributed by atoms with Crippen LogP contribution in [0.2, 0.25) is 10.0 Å². The van der Waals surface area contributed by atoms with Gasteiger partial charge in [-0.05, 0) is 26.0 Å². The summed E-state index contributed by atoms with van der Waals surface area (Å²) >= 11 is 11.2. The highest BCUT2D eigenvalue weighted by Gasteiger charge is 2.34. The normalized spacial score (nSPS) is 13.1. The van der Waals surface area contributed by atoms with Gasteiger partial charge in [-0.1, -0.05) is 23.2 Å². The summed E-state index contributed by atoms with van der Waals surface area (Å²) in [7, 11) is -3.83. The molecule has 0 saturated heterocycles. The van der Waals surface area contributed by atoms with Crippen molar-refractivity contribution < 1.29 is 21.6 Å². The molecule has 2 nitrogen and oxygen atoms in total. The van der Waals surface area contributed by atoms with Crippen molar-refractivity contribution in [2.45, 2.75) is 30.2 Å². The van der Waals surface area contributed by atoms with Gasteiger partial charge in [-0.15, -0.1) is 0 Å². The highest BCUT2D eigenvalue weighted by molar-refractivity contribution is 7.92. The molecule has 0 N–H and O–H groups in total. The Morgan fingerprint density at radius 3 is 1.78 bits per heavy atom. The van der Waals surface area contributed by atoms with Crippen LogP contribution in [-0.2, 0) is 16.0 Å². The summed E-state index contributed by atoms with van der Waals surface area (Å²) < 4.78 is 61.2. The number of hydrogen-bond donors (Lipinski definition) is 0. The van der Waals surface area contributed by atoms with Crippen LogP contribution in [0.3, 0.4) is 0 Å². The fourth-order valence-corrected chi connectivity index (χ4v) is 3.50. The Labute approximate surface area is 113 Å². The Bertz CT molecular complexity index is 542. The Balaban J connectivity index is 3.54. The number of alkyl halides is 3. The van der Waals surface area contributed by atoms with Crippen molar-refractivity contribution in [1.29, 1.82) is 0 Å². The molecule has 1 rings (SSSR count). The molecule has 0 bridgehead atoms. The van der Waals surface area contributed by atoms with Crippen molar-refractivity contribution in [3.8, 4) is 0 Å². The zero-order valence-electron chi connectivity index (χ0n) is 9.35. The van der Waals surface area contributed by atoms with Crippen molar-refractivity contribution in [2.75, 3.05) is 0 Å². The Morgan fingerprint density at radius 2 is 1.50 bits per heavy atom. The van der Waals surface area contributed by atoms with Gasteiger partial charge in [0, 0.05) is 0 Å². The predicted octanol–water partition coefficient (Wildman–Crippen LogP) is 4.19. The molecule has 0 radical (unpaired) electrons. The maximum atomic E-state index is 12.5. The average Bonchev–Trinajstić information content (AvgIpc) is 2.13. The molecule has 0 heterocycles. The average molecular weight is 321 g/mol. The minimum absolute atomic E-state index is 0.464. The van der Waals surface area contributed by atoms with Gasteiger partial charge >= 0.3 is 6.18 Å². The van der Waals surface area contributed by atoms with E-state index in [1.54, 1.807) is 0 Å². The third-order valence-corrected chi connectivity index (χ3v) is 5.30. The largest absolute Gasteiger partial charge is 0.416 e. The molecule has 0 aromatic heterocycles. The number of halogens is 5. The summed E-state index contributed by atoms with van der Waals surface area (Å²) in [5.41, 5.74) is -1.08. The molecule has 0 spiro atoms. The molecule has 0 aliphatic carbocycles. The van der Waals surface area contributed by atoms with E-state index in [0.717, 1.165) is 0 Å². The summed E-state index contributed by atoms with van der Waals surface area (Å²) in [6.45, 7) is 2.78. The van der Waals surface area contributed by atoms with Gasteiger partial charge in [-0.2, -0.15) is 13.2 Å². The van der Waals surface area contributed by atoms with Gasteiger partial charge in [-0.3, -0.25) is 0 Å². The van der Waals surface area contributed by atoms with Crippen LogP contribution < -0.4 is 0 Å². The van der Waals surface area contributed by atoms with Gasteiger partial charge < -0.3 is 0 Å². The molecular weight excluding hydrogens is 312 g/mol. The summed E-state index contributed by atoms with van der Waals surface area (Å²) in [5.74, 6) is 0. The minimum atomic E-state index is -4.63. The van der Waals surface area contributed by atoms with E-state index in [-0.39, 0.29) is 0 Å². The fraction of sp³-hybridized carbons (Fsp3) is 0.400. The van der Waals surface area contributed by atoms with Crippen molar-refractivity contribution in [1.82, 2.24) is 0 Å². The van der Waals surface area contributed by atoms with E-state index < -0.39 is 41.8 Å². The lowest BCUT2D eigenvalue weighted by Crippen LogP contribution is -2.16. The Hall–Kier alpha value is -0.460. The van der Waals surface area contributed by atoms with Crippen LogP contribution in [0.5, 0.6) is 0 Å². The summed E-state index contributed by atoms with van der Waals surface area (Å²) in [5, 5.41) is -1.88. The molecule has 1 aromatic carbocycles. The van der Waals surface area contributed by atoms with Crippen LogP contribution in [0.1, 0.15) is 19.4 Å². The minimum Gasteiger partial charge on any atom is -0.223 e. The Morgan fingerprint density at radius 1 is 1.11 bits per heavy atom. The van der Waals surface area contributed by atoms with Crippen LogP contribution in [0, 0.1) is 0 Å². The van der Waals surface area contributed by atoms with Crippen LogP contribution in [0.15, 0.2) is 17.0 Å². The van der Waals surface area contributed by atoms with Crippen molar-refractivity contribution in [3.05, 3.63) is 27.7 Å². The van der Waals surface area contributed by atoms with Crippen molar-refractivity contribution >= 4 is 33.0 Å². The van der Waals surface area contributed by atoms with E-state index in [1.807, 2.05) is 0 Å². The summed E-state index contributed by atoms with van der Waals surface area (Å²) in [6, 6.07) is 1.12. The van der Waals surface area contributed by atoms with E-state index in [1.165, 1.54) is 13.8 Å². The van der Waals surface area contributed by atoms with Crippen LogP contribution >= 0.6 is 23.2 Å². The molecule has 18 heavy (non-hydrogen) atoms. The zero-order valence-corrected chi connectivity index (χ0v) is 11.7. The first-order valence-electron chi connectivity index (χ1n) is 4.78. The smallest absolute Gasteiger partial charge is 0.223 e. The van der Waals surface area contributed by atoms with E-state index in [9.17, 15) is 21.6 Å². The summed E-state index contributed by atoms with van der Waals surface area (Å²) in [4.78, 5) is -0.464. The number of hydrogen-bond acceptors (Lipinski definition) is 2. The van der Waals surface area contributed by atoms with Gasteiger partial charge in [0.1, 0.15) is 4.90 Å². The SMILES string of the molecule is CC(C)S(=O)(=O)c1c(Cl)cc(C(F)(F)F)cc1Cl. The molecular formula is C10H9Cl2F3O2S. The molecule has 0 fully saturated rings. The fourth-order valence-electron chi connectivity index (χ4n) is 1.23. The first-order valence-corrected chi connectivity index (χ1v) is 7.08. The van der Waals surface area contributed by atoms with Crippen molar-refractivity contribution in [3.63, 3.8) is 0 Å². The molecule has 0 amide bonds. The van der Waals surface area contributed by atoms with Crippen LogP contribution in [0.25, 0.3) is 0 Å². The second kappa shape index (κ2) is 4.90. The second-order valence-corrected chi connectivity index (χ2v) is 7.12. The molecule has 0 saturated carbocycles. The first kappa shape index (κ1) is 15.6. The maximum Gasteiger partial charge on any atom is 0.416 e. The molecule has 0 aliphatic heterocycles. The predicted molar refractivity (Wildman–Crippen MR) is 63.8 cm³/mol. The quantitative estimate of drug-likeness (QED) is 0.818. The zero-order chi connectivity index (χ0) is 14.3. The second-order valence-electron chi connectivity index (χ2n) is 3.86. The van der Waals surface area contributed by atoms with E-state index in [0.29, 0.717) is 12.1 Å². The molecule has 1 aromatic rings. The van der Waals surface area contributed by atoms with Gasteiger partial charge in [0.25, 0.3) is 0 Å². The van der Waals surface area contributed by atoms with Gasteiger partial charge in [0.2, 0.25) is 0 Å². The highest BCUT2D eigenvalue weighted by Crippen LogP contribution is 2.38. The molecule has 0 aliphatic rings. The molecule has 8 heteroatoms. The lowest BCUT2D eigenvalue weighted by atomic mass is 10.2. The molecule has 0 unspecified atom stereocenters. The van der Waals surface area contributed by atoms with E-state index in [2.05, 4.69) is 0 Å².